The highest BCUT2D eigenvalue weighted by Crippen LogP contribution is 2.57. The number of ether oxygens (including phenoxy) is 3. The number of hydrogen-bond donors (Lipinski definition) is 1. The molecule has 8 nitrogen and oxygen atoms in total. The van der Waals surface area contributed by atoms with Gasteiger partial charge in [-0.3, -0.25) is 4.79 Å². The normalized spacial score (nSPS) is 25.6. The van der Waals surface area contributed by atoms with Crippen molar-refractivity contribution in [3.8, 4) is 11.5 Å². The molecule has 3 aromatic rings. The van der Waals surface area contributed by atoms with Gasteiger partial charge in [-0.25, -0.2) is 14.9 Å². The Morgan fingerprint density at radius 3 is 2.57 bits per heavy atom. The second kappa shape index (κ2) is 10.9. The number of methoxy groups -OCH3 is 1. The summed E-state index contributed by atoms with van der Waals surface area (Å²) in [7, 11) is 1.34. The minimum Gasteiger partial charge on any atom is -0.469 e. The van der Waals surface area contributed by atoms with Gasteiger partial charge in [0.15, 0.2) is 0 Å². The standard InChI is InChI=1S/C30H28F4N4O4/c1-40-28(39)24-13-14-29(27(24)19-7-9-21(31)10-8-19)16-20(17-41-29)25-15-22(37-18-35-36-38(37)30(32,33)34)11-12-26(25)42-23-5-3-2-4-6-23/h2-12,15,18,20,24,27,36H,13-14,16-17H2,1H3/t20?,24-,27+,29+/m0/s1. The first-order chi connectivity index (χ1) is 20.2. The number of para-hydroxylation sites is 1. The zero-order chi connectivity index (χ0) is 29.5. The van der Waals surface area contributed by atoms with E-state index in [1.54, 1.807) is 36.4 Å². The molecule has 0 amide bonds. The molecule has 0 bridgehead atoms. The molecule has 0 aromatic heterocycles. The van der Waals surface area contributed by atoms with Crippen LogP contribution in [0.15, 0.2) is 77.9 Å². The number of nitrogens with one attached hydrogen (secondary N) is 1. The molecule has 1 saturated carbocycles. The minimum atomic E-state index is -4.73. The third-order valence-corrected chi connectivity index (χ3v) is 8.19. The molecule has 3 aromatic carbocycles. The molecule has 2 fully saturated rings. The maximum absolute atomic E-state index is 13.8. The number of esters is 1. The van der Waals surface area contributed by atoms with E-state index in [9.17, 15) is 22.4 Å². The number of rotatable bonds is 6. The van der Waals surface area contributed by atoms with Crippen molar-refractivity contribution < 1.29 is 36.6 Å². The van der Waals surface area contributed by atoms with Gasteiger partial charge in [0.25, 0.3) is 0 Å². The molecular formula is C30H28F4N4O4. The molecule has 0 radical (unpaired) electrons. The monoisotopic (exact) mass is 584 g/mol. The molecule has 4 atom stereocenters. The van der Waals surface area contributed by atoms with Crippen molar-refractivity contribution >= 4 is 18.0 Å². The largest absolute Gasteiger partial charge is 0.497 e. The maximum atomic E-state index is 13.8. The number of anilines is 1. The van der Waals surface area contributed by atoms with Crippen molar-refractivity contribution in [2.45, 2.75) is 43.0 Å². The van der Waals surface area contributed by atoms with Gasteiger partial charge in [-0.2, -0.15) is 18.3 Å². The van der Waals surface area contributed by atoms with Crippen LogP contribution in [0.3, 0.4) is 0 Å². The van der Waals surface area contributed by atoms with Crippen molar-refractivity contribution in [1.82, 2.24) is 10.7 Å². The van der Waals surface area contributed by atoms with Gasteiger partial charge in [-0.05, 0) is 72.4 Å². The second-order valence-electron chi connectivity index (χ2n) is 10.6. The predicted octanol–water partition coefficient (Wildman–Crippen LogP) is 6.23. The second-order valence-corrected chi connectivity index (χ2v) is 10.6. The van der Waals surface area contributed by atoms with Gasteiger partial charge in [0.1, 0.15) is 23.7 Å². The van der Waals surface area contributed by atoms with Gasteiger partial charge in [0, 0.05) is 17.4 Å². The number of benzene rings is 3. The Morgan fingerprint density at radius 1 is 1.10 bits per heavy atom. The average molecular weight is 585 g/mol. The number of hydrazine groups is 2. The lowest BCUT2D eigenvalue weighted by Crippen LogP contribution is -2.52. The molecule has 1 unspecified atom stereocenters. The van der Waals surface area contributed by atoms with Crippen LogP contribution in [-0.2, 0) is 14.3 Å². The summed E-state index contributed by atoms with van der Waals surface area (Å²) in [6.45, 7) is 0.246. The van der Waals surface area contributed by atoms with E-state index >= 15 is 0 Å². The van der Waals surface area contributed by atoms with Crippen molar-refractivity contribution in [2.24, 2.45) is 11.0 Å². The van der Waals surface area contributed by atoms with E-state index in [4.69, 9.17) is 14.2 Å². The van der Waals surface area contributed by atoms with E-state index in [0.717, 1.165) is 16.9 Å². The Hall–Kier alpha value is -4.16. The molecule has 6 rings (SSSR count). The van der Waals surface area contributed by atoms with Gasteiger partial charge in [-0.1, -0.05) is 30.3 Å². The quantitative estimate of drug-likeness (QED) is 0.209. The predicted molar refractivity (Wildman–Crippen MR) is 145 cm³/mol. The molecule has 2 aliphatic heterocycles. The molecule has 2 heterocycles. The number of carbonyl (C=O) groups excluding carboxylic acids is 1. The topological polar surface area (TPSA) is 75.6 Å². The number of nitrogens with zero attached hydrogens (tertiary/aromatic N) is 3. The molecular weight excluding hydrogens is 556 g/mol. The number of hydrazone groups is 1. The van der Waals surface area contributed by atoms with E-state index < -0.39 is 29.6 Å². The zero-order valence-corrected chi connectivity index (χ0v) is 22.6. The highest BCUT2D eigenvalue weighted by atomic mass is 19.4. The lowest BCUT2D eigenvalue weighted by molar-refractivity contribution is -0.259. The Labute approximate surface area is 239 Å². The molecule has 1 aliphatic carbocycles. The van der Waals surface area contributed by atoms with Crippen molar-refractivity contribution in [3.05, 3.63) is 89.7 Å². The summed E-state index contributed by atoms with van der Waals surface area (Å²) in [6, 6.07) is 19.9. The summed E-state index contributed by atoms with van der Waals surface area (Å²) in [4.78, 5) is 12.8. The van der Waals surface area contributed by atoms with E-state index in [2.05, 4.69) is 5.10 Å². The lowest BCUT2D eigenvalue weighted by Gasteiger charge is -2.33. The summed E-state index contributed by atoms with van der Waals surface area (Å²) in [5, 5.41) is 4.42. The zero-order valence-electron chi connectivity index (χ0n) is 22.6. The Morgan fingerprint density at radius 2 is 1.86 bits per heavy atom. The highest BCUT2D eigenvalue weighted by molar-refractivity contribution is 5.79. The molecule has 1 N–H and O–H groups in total. The number of carbonyl (C=O) groups is 1. The number of hydrogen-bond acceptors (Lipinski definition) is 8. The number of alkyl halides is 3. The molecule has 1 spiro atoms. The summed E-state index contributed by atoms with van der Waals surface area (Å²) in [5.41, 5.74) is 2.81. The Balaban J connectivity index is 1.37. The first-order valence-corrected chi connectivity index (χ1v) is 13.5. The first-order valence-electron chi connectivity index (χ1n) is 13.5. The SMILES string of the molecule is COC(=O)[C@H]1CC[C@@]2(CC(c3cc(N4C=NNN4C(F)(F)F)ccc3Oc3ccccc3)CO2)[C@@H]1c1ccc(F)cc1. The van der Waals surface area contributed by atoms with Crippen LogP contribution in [0, 0.1) is 11.7 Å². The summed E-state index contributed by atoms with van der Waals surface area (Å²) < 4.78 is 72.7. The van der Waals surface area contributed by atoms with Crippen molar-refractivity contribution in [1.29, 1.82) is 0 Å². The number of halogens is 4. The van der Waals surface area contributed by atoms with Crippen LogP contribution in [0.4, 0.5) is 23.2 Å². The van der Waals surface area contributed by atoms with Crippen LogP contribution >= 0.6 is 0 Å². The average Bonchev–Trinajstić information content (AvgIpc) is 3.73. The lowest BCUT2D eigenvalue weighted by atomic mass is 9.76. The summed E-state index contributed by atoms with van der Waals surface area (Å²) >= 11 is 0. The van der Waals surface area contributed by atoms with Crippen LogP contribution in [0.2, 0.25) is 0 Å². The fourth-order valence-electron chi connectivity index (χ4n) is 6.39. The van der Waals surface area contributed by atoms with Crippen LogP contribution in [-0.4, -0.2) is 43.0 Å². The van der Waals surface area contributed by atoms with Crippen LogP contribution in [0.1, 0.15) is 42.2 Å². The van der Waals surface area contributed by atoms with E-state index in [0.29, 0.717) is 36.3 Å². The Bertz CT molecular complexity index is 1470. The van der Waals surface area contributed by atoms with Crippen LogP contribution < -0.4 is 15.3 Å². The van der Waals surface area contributed by atoms with Gasteiger partial charge >= 0.3 is 12.3 Å². The smallest absolute Gasteiger partial charge is 0.469 e. The molecule has 220 valence electrons. The maximum Gasteiger partial charge on any atom is 0.497 e. The first kappa shape index (κ1) is 28.0. The van der Waals surface area contributed by atoms with E-state index in [-0.39, 0.29) is 29.3 Å². The molecule has 12 heteroatoms. The summed E-state index contributed by atoms with van der Waals surface area (Å²) in [6.07, 6.45) is -2.15. The molecule has 3 aliphatic rings. The van der Waals surface area contributed by atoms with Crippen molar-refractivity contribution in [3.63, 3.8) is 0 Å². The van der Waals surface area contributed by atoms with E-state index in [1.807, 2.05) is 23.7 Å². The van der Waals surface area contributed by atoms with Crippen molar-refractivity contribution in [2.75, 3.05) is 18.7 Å². The van der Waals surface area contributed by atoms with Gasteiger partial charge < -0.3 is 14.2 Å². The highest BCUT2D eigenvalue weighted by Gasteiger charge is 2.57. The molecule has 42 heavy (non-hydrogen) atoms. The third kappa shape index (κ3) is 5.16. The van der Waals surface area contributed by atoms with Gasteiger partial charge in [0.2, 0.25) is 0 Å². The fourth-order valence-corrected chi connectivity index (χ4v) is 6.39. The Kier molecular flexibility index (Phi) is 7.27. The minimum absolute atomic E-state index is 0.0288. The van der Waals surface area contributed by atoms with E-state index in [1.165, 1.54) is 25.3 Å². The molecule has 1 saturated heterocycles. The third-order valence-electron chi connectivity index (χ3n) is 8.19. The van der Waals surface area contributed by atoms with Crippen LogP contribution in [0.5, 0.6) is 11.5 Å². The van der Waals surface area contributed by atoms with Gasteiger partial charge in [-0.15, -0.1) is 0 Å². The summed E-state index contributed by atoms with van der Waals surface area (Å²) in [5.74, 6) is -0.883. The van der Waals surface area contributed by atoms with Gasteiger partial charge in [0.05, 0.1) is 30.9 Å². The van der Waals surface area contributed by atoms with Crippen LogP contribution in [0.25, 0.3) is 0 Å². The fraction of sp³-hybridized carbons (Fsp3) is 0.333.